The molecule has 0 radical (unpaired) electrons. The predicted octanol–water partition coefficient (Wildman–Crippen LogP) is 5.77. The van der Waals surface area contributed by atoms with Crippen molar-refractivity contribution in [2.75, 3.05) is 13.2 Å². The molecule has 5 nitrogen and oxygen atoms in total. The number of amides is 2. The number of hydrogen-bond acceptors (Lipinski definition) is 3. The zero-order valence-corrected chi connectivity index (χ0v) is 21.7. The maximum atomic E-state index is 13.5. The number of likely N-dealkylation sites (N-methyl/N-ethyl adjacent to an activating group) is 1. The molecule has 0 saturated heterocycles. The van der Waals surface area contributed by atoms with Gasteiger partial charge < -0.3 is 15.0 Å². The Morgan fingerprint density at radius 2 is 1.66 bits per heavy atom. The van der Waals surface area contributed by atoms with Gasteiger partial charge in [-0.2, -0.15) is 0 Å². The second-order valence-electron chi connectivity index (χ2n) is 8.40. The molecule has 0 aliphatic heterocycles. The lowest BCUT2D eigenvalue weighted by Crippen LogP contribution is -2.51. The standard InChI is InChI=1S/C28H30Cl2N2O3/c1-4-31-28(34)26(16-21-8-6-5-7-9-21)32(17-22-11-13-24(29)25(30)15-22)27(33)18-35-23-12-10-19(2)20(3)14-23/h5-15,26H,4,16-18H2,1-3H3,(H,31,34). The highest BCUT2D eigenvalue weighted by Crippen LogP contribution is 2.24. The Morgan fingerprint density at radius 3 is 2.31 bits per heavy atom. The van der Waals surface area contributed by atoms with Crippen LogP contribution in [0.2, 0.25) is 10.0 Å². The molecular formula is C28H30Cl2N2O3. The van der Waals surface area contributed by atoms with Gasteiger partial charge in [0.15, 0.2) is 6.61 Å². The molecule has 0 fully saturated rings. The zero-order valence-electron chi connectivity index (χ0n) is 20.2. The van der Waals surface area contributed by atoms with Crippen LogP contribution >= 0.6 is 23.2 Å². The van der Waals surface area contributed by atoms with Gasteiger partial charge in [-0.1, -0.05) is 65.7 Å². The molecule has 0 saturated carbocycles. The summed E-state index contributed by atoms with van der Waals surface area (Å²) in [4.78, 5) is 28.2. The Morgan fingerprint density at radius 1 is 0.914 bits per heavy atom. The fraction of sp³-hybridized carbons (Fsp3) is 0.286. The molecule has 3 aromatic carbocycles. The fourth-order valence-electron chi connectivity index (χ4n) is 3.71. The lowest BCUT2D eigenvalue weighted by molar-refractivity contribution is -0.142. The van der Waals surface area contributed by atoms with E-state index >= 15 is 0 Å². The Balaban J connectivity index is 1.91. The summed E-state index contributed by atoms with van der Waals surface area (Å²) in [6.07, 6.45) is 0.364. The summed E-state index contributed by atoms with van der Waals surface area (Å²) in [5.41, 5.74) is 3.93. The number of hydrogen-bond donors (Lipinski definition) is 1. The minimum atomic E-state index is -0.734. The molecule has 0 spiro atoms. The number of aryl methyl sites for hydroxylation is 2. The summed E-state index contributed by atoms with van der Waals surface area (Å²) in [7, 11) is 0. The van der Waals surface area contributed by atoms with Crippen LogP contribution in [-0.2, 0) is 22.6 Å². The predicted molar refractivity (Wildman–Crippen MR) is 141 cm³/mol. The molecule has 7 heteroatoms. The first-order valence-corrected chi connectivity index (χ1v) is 12.3. The summed E-state index contributed by atoms with van der Waals surface area (Å²) in [5.74, 6) is 0.0750. The van der Waals surface area contributed by atoms with Crippen LogP contribution in [-0.4, -0.2) is 35.9 Å². The SMILES string of the molecule is CCNC(=O)C(Cc1ccccc1)N(Cc1ccc(Cl)c(Cl)c1)C(=O)COc1ccc(C)c(C)c1. The van der Waals surface area contributed by atoms with Crippen molar-refractivity contribution in [3.05, 3.63) is 99.0 Å². The number of ether oxygens (including phenoxy) is 1. The van der Waals surface area contributed by atoms with Crippen molar-refractivity contribution in [2.45, 2.75) is 39.8 Å². The van der Waals surface area contributed by atoms with Crippen molar-refractivity contribution in [1.29, 1.82) is 0 Å². The molecular weight excluding hydrogens is 483 g/mol. The molecule has 0 aromatic heterocycles. The van der Waals surface area contributed by atoms with E-state index in [9.17, 15) is 9.59 Å². The van der Waals surface area contributed by atoms with Crippen molar-refractivity contribution in [1.82, 2.24) is 10.2 Å². The lowest BCUT2D eigenvalue weighted by atomic mass is 10.0. The molecule has 1 atom stereocenters. The van der Waals surface area contributed by atoms with Crippen LogP contribution in [0, 0.1) is 13.8 Å². The maximum Gasteiger partial charge on any atom is 0.261 e. The third kappa shape index (κ3) is 7.48. The van der Waals surface area contributed by atoms with Crippen molar-refractivity contribution in [3.8, 4) is 5.75 Å². The summed E-state index contributed by atoms with van der Waals surface area (Å²) < 4.78 is 5.84. The second-order valence-corrected chi connectivity index (χ2v) is 9.22. The van der Waals surface area contributed by atoms with E-state index in [0.29, 0.717) is 28.8 Å². The van der Waals surface area contributed by atoms with Crippen LogP contribution in [0.4, 0.5) is 0 Å². The molecule has 2 amide bonds. The lowest BCUT2D eigenvalue weighted by Gasteiger charge is -2.31. The van der Waals surface area contributed by atoms with Crippen LogP contribution in [0.25, 0.3) is 0 Å². The van der Waals surface area contributed by atoms with Gasteiger partial charge in [-0.15, -0.1) is 0 Å². The van der Waals surface area contributed by atoms with Gasteiger partial charge in [-0.3, -0.25) is 9.59 Å². The van der Waals surface area contributed by atoms with E-state index < -0.39 is 6.04 Å². The molecule has 0 bridgehead atoms. The number of carbonyl (C=O) groups is 2. The van der Waals surface area contributed by atoms with Gasteiger partial charge in [0.05, 0.1) is 10.0 Å². The number of nitrogens with zero attached hydrogens (tertiary/aromatic N) is 1. The van der Waals surface area contributed by atoms with Gasteiger partial charge in [-0.05, 0) is 67.3 Å². The van der Waals surface area contributed by atoms with E-state index in [2.05, 4.69) is 5.32 Å². The number of rotatable bonds is 10. The molecule has 35 heavy (non-hydrogen) atoms. The maximum absolute atomic E-state index is 13.5. The number of halogens is 2. The van der Waals surface area contributed by atoms with E-state index in [0.717, 1.165) is 22.3 Å². The van der Waals surface area contributed by atoms with Crippen molar-refractivity contribution in [2.24, 2.45) is 0 Å². The molecule has 0 aliphatic rings. The van der Waals surface area contributed by atoms with Crippen LogP contribution < -0.4 is 10.1 Å². The first-order valence-electron chi connectivity index (χ1n) is 11.5. The molecule has 184 valence electrons. The first-order chi connectivity index (χ1) is 16.8. The van der Waals surface area contributed by atoms with Gasteiger partial charge in [0.1, 0.15) is 11.8 Å². The van der Waals surface area contributed by atoms with Gasteiger partial charge in [0, 0.05) is 19.5 Å². The molecule has 0 heterocycles. The summed E-state index contributed by atoms with van der Waals surface area (Å²) in [6.45, 7) is 6.30. The molecule has 3 rings (SSSR count). The fourth-order valence-corrected chi connectivity index (χ4v) is 4.03. The monoisotopic (exact) mass is 512 g/mol. The minimum Gasteiger partial charge on any atom is -0.484 e. The zero-order chi connectivity index (χ0) is 25.4. The number of benzene rings is 3. The second kappa shape index (κ2) is 12.6. The average molecular weight is 513 g/mol. The normalized spacial score (nSPS) is 11.6. The first kappa shape index (κ1) is 26.6. The highest BCUT2D eigenvalue weighted by Gasteiger charge is 2.30. The van der Waals surface area contributed by atoms with Gasteiger partial charge in [-0.25, -0.2) is 0 Å². The van der Waals surface area contributed by atoms with Crippen LogP contribution in [0.15, 0.2) is 66.7 Å². The highest BCUT2D eigenvalue weighted by atomic mass is 35.5. The third-order valence-corrected chi connectivity index (χ3v) is 6.54. The quantitative estimate of drug-likeness (QED) is 0.375. The van der Waals surface area contributed by atoms with Crippen LogP contribution in [0.1, 0.15) is 29.2 Å². The van der Waals surface area contributed by atoms with Gasteiger partial charge in [0.25, 0.3) is 5.91 Å². The smallest absolute Gasteiger partial charge is 0.261 e. The summed E-state index contributed by atoms with van der Waals surface area (Å²) in [5, 5.41) is 3.69. The third-order valence-electron chi connectivity index (χ3n) is 5.80. The number of carbonyl (C=O) groups excluding carboxylic acids is 2. The Labute approximate surface area is 217 Å². The molecule has 1 unspecified atom stereocenters. The summed E-state index contributed by atoms with van der Waals surface area (Å²) >= 11 is 12.3. The van der Waals surface area contributed by atoms with Crippen LogP contribution in [0.5, 0.6) is 5.75 Å². The minimum absolute atomic E-state index is 0.181. The molecule has 1 N–H and O–H groups in total. The summed E-state index contributed by atoms with van der Waals surface area (Å²) in [6, 6.07) is 19.8. The van der Waals surface area contributed by atoms with Gasteiger partial charge in [0.2, 0.25) is 5.91 Å². The molecule has 3 aromatic rings. The van der Waals surface area contributed by atoms with E-state index in [1.165, 1.54) is 0 Å². The Bertz CT molecular complexity index is 1170. The number of nitrogens with one attached hydrogen (secondary N) is 1. The average Bonchev–Trinajstić information content (AvgIpc) is 2.84. The Hall–Kier alpha value is -3.02. The topological polar surface area (TPSA) is 58.6 Å². The van der Waals surface area contributed by atoms with E-state index in [4.69, 9.17) is 27.9 Å². The van der Waals surface area contributed by atoms with E-state index in [-0.39, 0.29) is 25.0 Å². The van der Waals surface area contributed by atoms with E-state index in [1.54, 1.807) is 23.1 Å². The van der Waals surface area contributed by atoms with E-state index in [1.807, 2.05) is 69.3 Å². The van der Waals surface area contributed by atoms with Crippen LogP contribution in [0.3, 0.4) is 0 Å². The van der Waals surface area contributed by atoms with Crippen molar-refractivity contribution in [3.63, 3.8) is 0 Å². The van der Waals surface area contributed by atoms with Crippen molar-refractivity contribution < 1.29 is 14.3 Å². The highest BCUT2D eigenvalue weighted by molar-refractivity contribution is 6.42. The largest absolute Gasteiger partial charge is 0.484 e. The van der Waals surface area contributed by atoms with Gasteiger partial charge >= 0.3 is 0 Å². The Kier molecular flexibility index (Phi) is 9.58. The van der Waals surface area contributed by atoms with Crippen molar-refractivity contribution >= 4 is 35.0 Å². The molecule has 0 aliphatic carbocycles.